The lowest BCUT2D eigenvalue weighted by molar-refractivity contribution is 0.347. The van der Waals surface area contributed by atoms with Gasteiger partial charge >= 0.3 is 7.94 Å². The number of aromatic hydroxyl groups is 2. The SMILES string of the molecule is O[P+](O)(O)c1ccccc1.Oc1ccccc1.Oc1ccccc1. The molecule has 0 heterocycles. The Morgan fingerprint density at radius 1 is 0.458 bits per heavy atom. The Morgan fingerprint density at radius 2 is 0.750 bits per heavy atom. The molecule has 0 spiro atoms. The lowest BCUT2D eigenvalue weighted by Gasteiger charge is -2.00. The number of rotatable bonds is 1. The molecule has 24 heavy (non-hydrogen) atoms. The molecule has 0 bridgehead atoms. The molecule has 0 radical (unpaired) electrons. The standard InChI is InChI=1S/C6H8O3P.2C6H6O/c7-10(8,9)6-4-2-1-3-5-6;2*7-6-4-2-1-3-5-6/h1-5,7-9H;2*1-5,7H/q+1;;. The number of hydrogen-bond donors (Lipinski definition) is 5. The Hall–Kier alpha value is -2.43. The first-order valence-electron chi connectivity index (χ1n) is 7.00. The van der Waals surface area contributed by atoms with Crippen molar-refractivity contribution in [2.75, 3.05) is 0 Å². The molecule has 3 aromatic carbocycles. The van der Waals surface area contributed by atoms with E-state index in [1.54, 1.807) is 66.7 Å². The molecular formula is C18H20O5P+. The van der Waals surface area contributed by atoms with E-state index in [9.17, 15) is 0 Å². The third-order valence-electron chi connectivity index (χ3n) is 2.61. The van der Waals surface area contributed by atoms with E-state index >= 15 is 0 Å². The van der Waals surface area contributed by atoms with Gasteiger partial charge in [0, 0.05) is 0 Å². The lowest BCUT2D eigenvalue weighted by Crippen LogP contribution is -2.07. The summed E-state index contributed by atoms with van der Waals surface area (Å²) in [6.45, 7) is 0. The molecule has 3 rings (SSSR count). The molecule has 5 nitrogen and oxygen atoms in total. The monoisotopic (exact) mass is 347 g/mol. The first-order chi connectivity index (χ1) is 11.4. The van der Waals surface area contributed by atoms with Crippen molar-refractivity contribution in [1.82, 2.24) is 0 Å². The summed E-state index contributed by atoms with van der Waals surface area (Å²) in [6, 6.07) is 25.4. The summed E-state index contributed by atoms with van der Waals surface area (Å²) in [5.41, 5.74) is 0. The predicted molar refractivity (Wildman–Crippen MR) is 95.9 cm³/mol. The topological polar surface area (TPSA) is 101 Å². The second-order valence-electron chi connectivity index (χ2n) is 4.57. The molecular weight excluding hydrogens is 327 g/mol. The van der Waals surface area contributed by atoms with Crippen LogP contribution >= 0.6 is 7.94 Å². The summed E-state index contributed by atoms with van der Waals surface area (Å²) in [5.74, 6) is 0.644. The maximum atomic E-state index is 8.71. The van der Waals surface area contributed by atoms with Gasteiger partial charge in [-0.3, -0.25) is 0 Å². The van der Waals surface area contributed by atoms with Crippen LogP contribution in [-0.4, -0.2) is 24.9 Å². The number of phenols is 2. The zero-order chi connectivity index (χ0) is 17.8. The van der Waals surface area contributed by atoms with Gasteiger partial charge in [0.2, 0.25) is 0 Å². The summed E-state index contributed by atoms with van der Waals surface area (Å²) in [7, 11) is -3.77. The van der Waals surface area contributed by atoms with Gasteiger partial charge in [-0.25, -0.2) is 0 Å². The fraction of sp³-hybridized carbons (Fsp3) is 0. The van der Waals surface area contributed by atoms with Gasteiger partial charge in [0.25, 0.3) is 0 Å². The molecule has 126 valence electrons. The molecule has 0 saturated heterocycles. The summed E-state index contributed by atoms with van der Waals surface area (Å²) < 4.78 is 0. The van der Waals surface area contributed by atoms with Crippen LogP contribution < -0.4 is 5.30 Å². The Bertz CT molecular complexity index is 633. The summed E-state index contributed by atoms with van der Waals surface area (Å²) >= 11 is 0. The van der Waals surface area contributed by atoms with Crippen molar-refractivity contribution in [3.05, 3.63) is 91.0 Å². The minimum atomic E-state index is -3.77. The van der Waals surface area contributed by atoms with Crippen molar-refractivity contribution in [2.24, 2.45) is 0 Å². The van der Waals surface area contributed by atoms with E-state index < -0.39 is 7.94 Å². The average molecular weight is 347 g/mol. The van der Waals surface area contributed by atoms with Crippen LogP contribution in [0.5, 0.6) is 11.5 Å². The zero-order valence-corrected chi connectivity index (χ0v) is 13.7. The smallest absolute Gasteiger partial charge is 0.440 e. The highest BCUT2D eigenvalue weighted by Gasteiger charge is 2.32. The van der Waals surface area contributed by atoms with Gasteiger partial charge in [0.15, 0.2) is 5.30 Å². The van der Waals surface area contributed by atoms with Crippen LogP contribution in [0.15, 0.2) is 91.0 Å². The summed E-state index contributed by atoms with van der Waals surface area (Å²) in [6.07, 6.45) is 0. The van der Waals surface area contributed by atoms with Crippen molar-refractivity contribution in [3.8, 4) is 11.5 Å². The molecule has 5 N–H and O–H groups in total. The van der Waals surface area contributed by atoms with E-state index in [-0.39, 0.29) is 5.30 Å². The highest BCUT2D eigenvalue weighted by Crippen LogP contribution is 2.42. The van der Waals surface area contributed by atoms with E-state index in [0.29, 0.717) is 11.5 Å². The van der Waals surface area contributed by atoms with Gasteiger partial charge in [-0.2, -0.15) is 14.7 Å². The van der Waals surface area contributed by atoms with Gasteiger partial charge in [-0.15, -0.1) is 0 Å². The lowest BCUT2D eigenvalue weighted by atomic mass is 10.3. The first-order valence-corrected chi connectivity index (χ1v) is 8.65. The van der Waals surface area contributed by atoms with E-state index in [2.05, 4.69) is 0 Å². The Kier molecular flexibility index (Phi) is 8.47. The highest BCUT2D eigenvalue weighted by atomic mass is 31.2. The molecule has 0 aliphatic rings. The molecule has 3 aromatic rings. The Labute approximate surface area is 141 Å². The fourth-order valence-corrected chi connectivity index (χ4v) is 2.06. The zero-order valence-electron chi connectivity index (χ0n) is 12.8. The van der Waals surface area contributed by atoms with Gasteiger partial charge in [0.05, 0.1) is 0 Å². The normalized spacial score (nSPS) is 9.79. The molecule has 0 atom stereocenters. The molecule has 0 unspecified atom stereocenters. The van der Waals surface area contributed by atoms with Crippen LogP contribution in [0.4, 0.5) is 0 Å². The molecule has 0 aromatic heterocycles. The van der Waals surface area contributed by atoms with E-state index in [0.717, 1.165) is 0 Å². The Morgan fingerprint density at radius 3 is 0.917 bits per heavy atom. The first kappa shape index (κ1) is 19.6. The molecule has 0 amide bonds. The number of phenolic OH excluding ortho intramolecular Hbond substituents is 2. The number of para-hydroxylation sites is 2. The van der Waals surface area contributed by atoms with Crippen LogP contribution in [-0.2, 0) is 0 Å². The Balaban J connectivity index is 0.000000185. The van der Waals surface area contributed by atoms with E-state index in [4.69, 9.17) is 24.9 Å². The second kappa shape index (κ2) is 10.4. The quantitative estimate of drug-likeness (QED) is 0.436. The van der Waals surface area contributed by atoms with Gasteiger partial charge in [-0.05, 0) is 36.4 Å². The molecule has 0 aliphatic heterocycles. The van der Waals surface area contributed by atoms with Crippen molar-refractivity contribution < 1.29 is 24.9 Å². The molecule has 0 aliphatic carbocycles. The van der Waals surface area contributed by atoms with Crippen LogP contribution in [0, 0.1) is 0 Å². The summed E-state index contributed by atoms with van der Waals surface area (Å²) in [5, 5.41) is 17.4. The maximum absolute atomic E-state index is 8.71. The largest absolute Gasteiger partial charge is 0.508 e. The second-order valence-corrected chi connectivity index (χ2v) is 6.23. The number of hydrogen-bond acceptors (Lipinski definition) is 5. The van der Waals surface area contributed by atoms with Crippen LogP contribution in [0.1, 0.15) is 0 Å². The molecule has 6 heteroatoms. The van der Waals surface area contributed by atoms with Crippen LogP contribution in [0.2, 0.25) is 0 Å². The van der Waals surface area contributed by atoms with Gasteiger partial charge in [-0.1, -0.05) is 54.6 Å². The third kappa shape index (κ3) is 8.88. The highest BCUT2D eigenvalue weighted by molar-refractivity contribution is 7.66. The third-order valence-corrected chi connectivity index (χ3v) is 3.61. The fourth-order valence-electron chi connectivity index (χ4n) is 1.48. The van der Waals surface area contributed by atoms with Crippen molar-refractivity contribution >= 4 is 13.2 Å². The minimum absolute atomic E-state index is 0.176. The van der Waals surface area contributed by atoms with E-state index in [1.165, 1.54) is 12.1 Å². The van der Waals surface area contributed by atoms with Gasteiger partial charge < -0.3 is 10.2 Å². The summed E-state index contributed by atoms with van der Waals surface area (Å²) in [4.78, 5) is 26.1. The van der Waals surface area contributed by atoms with Crippen molar-refractivity contribution in [3.63, 3.8) is 0 Å². The van der Waals surface area contributed by atoms with Crippen molar-refractivity contribution in [2.45, 2.75) is 0 Å². The van der Waals surface area contributed by atoms with Crippen molar-refractivity contribution in [1.29, 1.82) is 0 Å². The number of benzene rings is 3. The van der Waals surface area contributed by atoms with E-state index in [1.807, 2.05) is 12.1 Å². The maximum Gasteiger partial charge on any atom is 0.440 e. The average Bonchev–Trinajstić information content (AvgIpc) is 2.57. The predicted octanol–water partition coefficient (Wildman–Crippen LogP) is 2.84. The van der Waals surface area contributed by atoms with Crippen LogP contribution in [0.3, 0.4) is 0 Å². The molecule has 0 fully saturated rings. The van der Waals surface area contributed by atoms with Crippen LogP contribution in [0.25, 0.3) is 0 Å². The van der Waals surface area contributed by atoms with Gasteiger partial charge in [0.1, 0.15) is 11.5 Å². The minimum Gasteiger partial charge on any atom is -0.508 e. The molecule has 0 saturated carbocycles.